The average molecular weight is 461 g/mol. The van der Waals surface area contributed by atoms with Crippen LogP contribution in [0.25, 0.3) is 32.9 Å². The molecule has 1 aliphatic rings. The number of hydrogen-bond donors (Lipinski definition) is 0. The molecule has 1 aliphatic heterocycles. The van der Waals surface area contributed by atoms with Crippen LogP contribution >= 0.6 is 0 Å². The molecule has 6 rings (SSSR count). The second-order valence-electron chi connectivity index (χ2n) is 9.27. The molecule has 5 heteroatoms. The van der Waals surface area contributed by atoms with Crippen molar-refractivity contribution in [3.8, 4) is 11.3 Å². The smallest absolute Gasteiger partial charge is 0.297 e. The number of rotatable bonds is 5. The number of aromatic nitrogens is 2. The Morgan fingerprint density at radius 3 is 2.20 bits per heavy atom. The molecule has 5 aromatic rings. The Bertz CT molecular complexity index is 1540. The molecule has 0 atom stereocenters. The Morgan fingerprint density at radius 2 is 1.37 bits per heavy atom. The molecule has 0 unspecified atom stereocenters. The van der Waals surface area contributed by atoms with Crippen LogP contribution in [0.5, 0.6) is 0 Å². The minimum atomic E-state index is -0.196. The van der Waals surface area contributed by atoms with Crippen molar-refractivity contribution in [3.05, 3.63) is 113 Å². The molecule has 0 spiro atoms. The highest BCUT2D eigenvalue weighted by Gasteiger charge is 2.19. The Labute approximate surface area is 204 Å². The van der Waals surface area contributed by atoms with Gasteiger partial charge in [-0.3, -0.25) is 14.4 Å². The highest BCUT2D eigenvalue weighted by molar-refractivity contribution is 5.95. The zero-order chi connectivity index (χ0) is 23.6. The zero-order valence-corrected chi connectivity index (χ0v) is 19.7. The molecule has 5 nitrogen and oxygen atoms in total. The lowest BCUT2D eigenvalue weighted by atomic mass is 10.0. The van der Waals surface area contributed by atoms with Gasteiger partial charge in [0.1, 0.15) is 0 Å². The van der Waals surface area contributed by atoms with Gasteiger partial charge in [-0.1, -0.05) is 84.9 Å². The van der Waals surface area contributed by atoms with Crippen LogP contribution in [0.3, 0.4) is 0 Å². The number of fused-ring (bicyclic) bond motifs is 2. The van der Waals surface area contributed by atoms with E-state index in [2.05, 4.69) is 81.5 Å². The first-order chi connectivity index (χ1) is 17.2. The Morgan fingerprint density at radius 1 is 0.686 bits per heavy atom. The lowest BCUT2D eigenvalue weighted by molar-refractivity contribution is 0.103. The van der Waals surface area contributed by atoms with Gasteiger partial charge in [-0.25, -0.2) is 4.79 Å². The van der Waals surface area contributed by atoms with E-state index < -0.39 is 0 Å². The van der Waals surface area contributed by atoms with Crippen LogP contribution in [0.4, 0.5) is 0 Å². The topological polar surface area (TPSA) is 41.4 Å². The summed E-state index contributed by atoms with van der Waals surface area (Å²) in [6.45, 7) is 5.37. The lowest BCUT2D eigenvalue weighted by Gasteiger charge is -2.35. The molecular weight excluding hydrogens is 432 g/mol. The molecule has 1 fully saturated rings. The van der Waals surface area contributed by atoms with Crippen LogP contribution in [0.1, 0.15) is 5.56 Å². The van der Waals surface area contributed by atoms with Crippen molar-refractivity contribution in [3.63, 3.8) is 0 Å². The molecule has 35 heavy (non-hydrogen) atoms. The van der Waals surface area contributed by atoms with Gasteiger partial charge in [0.2, 0.25) is 0 Å². The summed E-state index contributed by atoms with van der Waals surface area (Å²) in [5, 5.41) is 3.33. The van der Waals surface area contributed by atoms with E-state index in [9.17, 15) is 4.79 Å². The van der Waals surface area contributed by atoms with Gasteiger partial charge in [0.05, 0.1) is 17.9 Å². The van der Waals surface area contributed by atoms with Gasteiger partial charge >= 0.3 is 5.69 Å². The van der Waals surface area contributed by atoms with Crippen molar-refractivity contribution in [1.29, 1.82) is 0 Å². The van der Waals surface area contributed by atoms with E-state index in [0.717, 1.165) is 60.3 Å². The number of nitrogens with zero attached hydrogens (tertiary/aromatic N) is 4. The molecular formula is C30H28N4O. The second-order valence-corrected chi connectivity index (χ2v) is 9.27. The van der Waals surface area contributed by atoms with E-state index >= 15 is 0 Å². The maximum Gasteiger partial charge on any atom is 0.349 e. The van der Waals surface area contributed by atoms with Crippen molar-refractivity contribution < 1.29 is 0 Å². The molecule has 174 valence electrons. The van der Waals surface area contributed by atoms with E-state index in [1.54, 1.807) is 0 Å². The van der Waals surface area contributed by atoms with Crippen LogP contribution in [0.15, 0.2) is 102 Å². The van der Waals surface area contributed by atoms with E-state index in [0.29, 0.717) is 6.67 Å². The van der Waals surface area contributed by atoms with Gasteiger partial charge in [-0.05, 0) is 28.5 Å². The summed E-state index contributed by atoms with van der Waals surface area (Å²) in [5.41, 5.74) is 3.80. The first-order valence-corrected chi connectivity index (χ1v) is 12.2. The predicted molar refractivity (Wildman–Crippen MR) is 142 cm³/mol. The third-order valence-corrected chi connectivity index (χ3v) is 6.97. The van der Waals surface area contributed by atoms with Gasteiger partial charge in [-0.2, -0.15) is 4.98 Å². The molecule has 1 saturated heterocycles. The van der Waals surface area contributed by atoms with Crippen LogP contribution < -0.4 is 5.69 Å². The minimum Gasteiger partial charge on any atom is -0.297 e. The molecule has 0 saturated carbocycles. The molecule has 0 amide bonds. The third-order valence-electron chi connectivity index (χ3n) is 6.97. The first kappa shape index (κ1) is 21.7. The standard InChI is InChI=1S/C30H28N4O/c35-30-31-29(26-15-14-24-10-4-5-11-25(24)20-26)27-12-6-7-13-28(27)34(30)22-33-18-16-32(17-19-33)21-23-8-2-1-3-9-23/h1-15,20H,16-19,21-22H2. The van der Waals surface area contributed by atoms with E-state index in [1.165, 1.54) is 10.9 Å². The van der Waals surface area contributed by atoms with Gasteiger partial charge in [0, 0.05) is 43.7 Å². The van der Waals surface area contributed by atoms with Crippen molar-refractivity contribution in [1.82, 2.24) is 19.4 Å². The number of para-hydroxylation sites is 1. The SMILES string of the molecule is O=c1nc(-c2ccc3ccccc3c2)c2ccccc2n1CN1CCN(Cc2ccccc2)CC1. The molecule has 2 heterocycles. The summed E-state index contributed by atoms with van der Waals surface area (Å²) < 4.78 is 1.83. The van der Waals surface area contributed by atoms with E-state index in [1.807, 2.05) is 34.9 Å². The fourth-order valence-electron chi connectivity index (χ4n) is 5.05. The first-order valence-electron chi connectivity index (χ1n) is 12.2. The van der Waals surface area contributed by atoms with E-state index in [-0.39, 0.29) is 5.69 Å². The zero-order valence-electron chi connectivity index (χ0n) is 19.7. The van der Waals surface area contributed by atoms with E-state index in [4.69, 9.17) is 0 Å². The maximum atomic E-state index is 13.3. The molecule has 0 radical (unpaired) electrons. The minimum absolute atomic E-state index is 0.196. The van der Waals surface area contributed by atoms with Crippen molar-refractivity contribution in [2.24, 2.45) is 0 Å². The fourth-order valence-corrected chi connectivity index (χ4v) is 5.05. The largest absolute Gasteiger partial charge is 0.349 e. The van der Waals surface area contributed by atoms with Crippen LogP contribution in [0, 0.1) is 0 Å². The highest BCUT2D eigenvalue weighted by Crippen LogP contribution is 2.28. The summed E-state index contributed by atoms with van der Waals surface area (Å²) >= 11 is 0. The molecule has 0 N–H and O–H groups in total. The summed E-state index contributed by atoms with van der Waals surface area (Å²) in [5.74, 6) is 0. The summed E-state index contributed by atoms with van der Waals surface area (Å²) in [6.07, 6.45) is 0. The Hall–Kier alpha value is -3.80. The average Bonchev–Trinajstić information content (AvgIpc) is 2.91. The Balaban J connectivity index is 1.26. The quantitative estimate of drug-likeness (QED) is 0.371. The van der Waals surface area contributed by atoms with Crippen molar-refractivity contribution >= 4 is 21.7 Å². The van der Waals surface area contributed by atoms with Crippen LogP contribution in [-0.4, -0.2) is 45.5 Å². The lowest BCUT2D eigenvalue weighted by Crippen LogP contribution is -2.47. The van der Waals surface area contributed by atoms with Crippen LogP contribution in [0.2, 0.25) is 0 Å². The third kappa shape index (κ3) is 4.48. The number of benzene rings is 4. The van der Waals surface area contributed by atoms with Crippen molar-refractivity contribution in [2.75, 3.05) is 26.2 Å². The van der Waals surface area contributed by atoms with Gasteiger partial charge in [0.15, 0.2) is 0 Å². The Kier molecular flexibility index (Phi) is 5.86. The number of piperazine rings is 1. The fraction of sp³-hybridized carbons (Fsp3) is 0.200. The van der Waals surface area contributed by atoms with Crippen LogP contribution in [-0.2, 0) is 13.2 Å². The van der Waals surface area contributed by atoms with Crippen molar-refractivity contribution in [2.45, 2.75) is 13.2 Å². The normalized spacial score (nSPS) is 15.1. The highest BCUT2D eigenvalue weighted by atomic mass is 16.1. The van der Waals surface area contributed by atoms with Gasteiger partial charge < -0.3 is 0 Å². The summed E-state index contributed by atoms with van der Waals surface area (Å²) in [4.78, 5) is 22.7. The number of hydrogen-bond acceptors (Lipinski definition) is 4. The summed E-state index contributed by atoms with van der Waals surface area (Å²) in [6, 6.07) is 33.3. The molecule has 0 bridgehead atoms. The molecule has 0 aliphatic carbocycles. The van der Waals surface area contributed by atoms with Gasteiger partial charge in [0.25, 0.3) is 0 Å². The summed E-state index contributed by atoms with van der Waals surface area (Å²) in [7, 11) is 0. The molecule has 1 aromatic heterocycles. The second kappa shape index (κ2) is 9.45. The van der Waals surface area contributed by atoms with Gasteiger partial charge in [-0.15, -0.1) is 0 Å². The monoisotopic (exact) mass is 460 g/mol. The molecule has 4 aromatic carbocycles. The maximum absolute atomic E-state index is 13.3. The predicted octanol–water partition coefficient (Wildman–Crippen LogP) is 4.99.